The van der Waals surface area contributed by atoms with Crippen LogP contribution in [0.4, 0.5) is 0 Å². The minimum Gasteiger partial charge on any atom is -0.394 e. The second kappa shape index (κ2) is 3.59. The molecule has 2 bridgehead atoms. The maximum Gasteiger partial charge on any atom is 0.168 e. The number of nitrogens with one attached hydrogen (secondary N) is 2. The molecule has 2 rings (SSSR count). The van der Waals surface area contributed by atoms with Gasteiger partial charge in [0.1, 0.15) is 18.3 Å². The van der Waals surface area contributed by atoms with Gasteiger partial charge in [-0.15, -0.1) is 0 Å². The van der Waals surface area contributed by atoms with Crippen LogP contribution in [0.25, 0.3) is 0 Å². The molecule has 7 heteroatoms. The third-order valence-corrected chi connectivity index (χ3v) is 2.74. The summed E-state index contributed by atoms with van der Waals surface area (Å²) in [4.78, 5) is 0. The summed E-state index contributed by atoms with van der Waals surface area (Å²) >= 11 is 4.85. The summed E-state index contributed by atoms with van der Waals surface area (Å²) in [5, 5.41) is 34.0. The first-order valence-electron chi connectivity index (χ1n) is 4.33. The van der Waals surface area contributed by atoms with Crippen molar-refractivity contribution in [2.45, 2.75) is 30.6 Å². The van der Waals surface area contributed by atoms with Crippen molar-refractivity contribution in [3.05, 3.63) is 0 Å². The Hall–Kier alpha value is -0.470. The number of aliphatic hydroxyl groups is 3. The summed E-state index contributed by atoms with van der Waals surface area (Å²) in [6, 6.07) is -0.584. The van der Waals surface area contributed by atoms with Crippen LogP contribution in [0.5, 0.6) is 0 Å². The Labute approximate surface area is 85.9 Å². The molecule has 2 aliphatic rings. The van der Waals surface area contributed by atoms with Gasteiger partial charge in [0, 0.05) is 0 Å². The van der Waals surface area contributed by atoms with Crippen molar-refractivity contribution in [3.63, 3.8) is 0 Å². The molecule has 0 aliphatic carbocycles. The summed E-state index contributed by atoms with van der Waals surface area (Å²) in [5.41, 5.74) is 0. The Kier molecular flexibility index (Phi) is 2.58. The molecule has 80 valence electrons. The van der Waals surface area contributed by atoms with E-state index in [1.807, 2.05) is 0 Å². The van der Waals surface area contributed by atoms with Gasteiger partial charge in [-0.2, -0.15) is 0 Å². The van der Waals surface area contributed by atoms with Crippen LogP contribution >= 0.6 is 12.2 Å². The zero-order chi connectivity index (χ0) is 10.3. The van der Waals surface area contributed by atoms with E-state index >= 15 is 0 Å². The van der Waals surface area contributed by atoms with Crippen LogP contribution in [-0.2, 0) is 4.74 Å². The lowest BCUT2D eigenvalue weighted by Crippen LogP contribution is -2.73. The Morgan fingerprint density at radius 3 is 2.64 bits per heavy atom. The van der Waals surface area contributed by atoms with Crippen molar-refractivity contribution >= 4 is 17.3 Å². The number of fused-ring (bicyclic) bond motifs is 2. The van der Waals surface area contributed by atoms with E-state index in [2.05, 4.69) is 10.6 Å². The molecular formula is C7H12N2O4S. The zero-order valence-corrected chi connectivity index (χ0v) is 8.07. The van der Waals surface area contributed by atoms with Gasteiger partial charge in [0.05, 0.1) is 12.6 Å². The van der Waals surface area contributed by atoms with Gasteiger partial charge in [0.2, 0.25) is 0 Å². The molecule has 5 atom stereocenters. The topological polar surface area (TPSA) is 94.0 Å². The van der Waals surface area contributed by atoms with Gasteiger partial charge in [0.15, 0.2) is 11.3 Å². The summed E-state index contributed by atoms with van der Waals surface area (Å²) in [7, 11) is 0. The average molecular weight is 220 g/mol. The molecule has 0 aromatic carbocycles. The second-order valence-corrected chi connectivity index (χ2v) is 3.81. The van der Waals surface area contributed by atoms with Gasteiger partial charge >= 0.3 is 0 Å². The molecular weight excluding hydrogens is 208 g/mol. The predicted octanol–water partition coefficient (Wildman–Crippen LogP) is -2.73. The van der Waals surface area contributed by atoms with E-state index in [0.29, 0.717) is 5.11 Å². The fourth-order valence-electron chi connectivity index (χ4n) is 1.73. The number of hydrogen-bond acceptors (Lipinski definition) is 5. The molecule has 0 aromatic rings. The number of ether oxygens (including phenoxy) is 1. The van der Waals surface area contributed by atoms with Crippen molar-refractivity contribution in [1.29, 1.82) is 0 Å². The minimum atomic E-state index is -0.966. The van der Waals surface area contributed by atoms with E-state index in [1.54, 1.807) is 0 Å². The Balaban J connectivity index is 2.17. The number of thiocarbonyl (C=S) groups is 1. The maximum absolute atomic E-state index is 9.67. The highest BCUT2D eigenvalue weighted by molar-refractivity contribution is 7.80. The monoisotopic (exact) mass is 220 g/mol. The van der Waals surface area contributed by atoms with Crippen molar-refractivity contribution in [2.75, 3.05) is 6.61 Å². The van der Waals surface area contributed by atoms with Crippen LogP contribution in [0.15, 0.2) is 0 Å². The van der Waals surface area contributed by atoms with E-state index in [4.69, 9.17) is 22.1 Å². The van der Waals surface area contributed by atoms with Crippen molar-refractivity contribution in [2.24, 2.45) is 0 Å². The van der Waals surface area contributed by atoms with Crippen LogP contribution in [-0.4, -0.2) is 57.6 Å². The van der Waals surface area contributed by atoms with Gasteiger partial charge in [-0.05, 0) is 12.2 Å². The van der Waals surface area contributed by atoms with Crippen LogP contribution in [0.3, 0.4) is 0 Å². The highest BCUT2D eigenvalue weighted by atomic mass is 32.1. The molecule has 2 heterocycles. The van der Waals surface area contributed by atoms with Gasteiger partial charge in [-0.3, -0.25) is 0 Å². The molecule has 6 nitrogen and oxygen atoms in total. The Morgan fingerprint density at radius 2 is 2.00 bits per heavy atom. The molecule has 0 aromatic heterocycles. The molecule has 0 radical (unpaired) electrons. The van der Waals surface area contributed by atoms with E-state index in [1.165, 1.54) is 0 Å². The smallest absolute Gasteiger partial charge is 0.168 e. The Morgan fingerprint density at radius 1 is 1.29 bits per heavy atom. The van der Waals surface area contributed by atoms with E-state index in [-0.39, 0.29) is 6.61 Å². The number of hydrogen-bond donors (Lipinski definition) is 5. The van der Waals surface area contributed by atoms with Crippen molar-refractivity contribution in [3.8, 4) is 0 Å². The molecule has 5 N–H and O–H groups in total. The van der Waals surface area contributed by atoms with Crippen molar-refractivity contribution < 1.29 is 20.1 Å². The standard InChI is InChI=1S/C7H12N2O4S/c10-1-2-4(11)3-5(12)6(13-2)9-7(14)8-3/h2-6,10-12H,1H2,(H2,8,9,14)/t2-,3-,4-,5-,6+/m1/s1. The quantitative estimate of drug-likeness (QED) is 0.306. The third kappa shape index (κ3) is 1.47. The normalized spacial score (nSPS) is 46.8. The van der Waals surface area contributed by atoms with Crippen LogP contribution in [0.1, 0.15) is 0 Å². The fraction of sp³-hybridized carbons (Fsp3) is 0.857. The minimum absolute atomic E-state index is 0.295. The van der Waals surface area contributed by atoms with E-state index in [9.17, 15) is 10.2 Å². The third-order valence-electron chi connectivity index (χ3n) is 2.50. The summed E-state index contributed by atoms with van der Waals surface area (Å²) < 4.78 is 5.21. The molecule has 2 fully saturated rings. The molecule has 2 saturated heterocycles. The average Bonchev–Trinajstić information content (AvgIpc) is 2.15. The molecule has 0 saturated carbocycles. The SMILES string of the molecule is OC[C@H]1O[C@@H]2NC(=S)N[C@@H]([C@H]2O)[C@@H]1O. The first-order chi connectivity index (χ1) is 6.63. The fourth-order valence-corrected chi connectivity index (χ4v) is 1.99. The lowest BCUT2D eigenvalue weighted by atomic mass is 9.94. The molecule has 2 aliphatic heterocycles. The van der Waals surface area contributed by atoms with Crippen molar-refractivity contribution in [1.82, 2.24) is 10.6 Å². The summed E-state index contributed by atoms with van der Waals surface area (Å²) in [5.74, 6) is 0. The second-order valence-electron chi connectivity index (χ2n) is 3.40. The van der Waals surface area contributed by atoms with Gasteiger partial charge in [-0.1, -0.05) is 0 Å². The summed E-state index contributed by atoms with van der Waals surface area (Å²) in [6.07, 6.45) is -3.20. The first-order valence-corrected chi connectivity index (χ1v) is 4.74. The lowest BCUT2D eigenvalue weighted by Gasteiger charge is -2.47. The van der Waals surface area contributed by atoms with Crippen LogP contribution < -0.4 is 10.6 Å². The van der Waals surface area contributed by atoms with Crippen LogP contribution in [0.2, 0.25) is 0 Å². The highest BCUT2D eigenvalue weighted by Gasteiger charge is 2.47. The Bertz CT molecular complexity index is 252. The highest BCUT2D eigenvalue weighted by Crippen LogP contribution is 2.22. The summed E-state index contributed by atoms with van der Waals surface area (Å²) in [6.45, 7) is -0.295. The number of aliphatic hydroxyl groups excluding tert-OH is 3. The first kappa shape index (κ1) is 10.1. The maximum atomic E-state index is 9.67. The zero-order valence-electron chi connectivity index (χ0n) is 7.25. The number of rotatable bonds is 1. The van der Waals surface area contributed by atoms with Gasteiger partial charge in [0.25, 0.3) is 0 Å². The van der Waals surface area contributed by atoms with E-state index in [0.717, 1.165) is 0 Å². The molecule has 0 amide bonds. The van der Waals surface area contributed by atoms with E-state index < -0.39 is 30.6 Å². The van der Waals surface area contributed by atoms with Crippen LogP contribution in [0, 0.1) is 0 Å². The largest absolute Gasteiger partial charge is 0.394 e. The van der Waals surface area contributed by atoms with Gasteiger partial charge < -0.3 is 30.7 Å². The molecule has 0 spiro atoms. The molecule has 0 unspecified atom stereocenters. The predicted molar refractivity (Wildman–Crippen MR) is 50.4 cm³/mol. The van der Waals surface area contributed by atoms with Gasteiger partial charge in [-0.25, -0.2) is 0 Å². The molecule has 14 heavy (non-hydrogen) atoms. The lowest BCUT2D eigenvalue weighted by molar-refractivity contribution is -0.202.